The Bertz CT molecular complexity index is 1950. The molecule has 2 heterocycles. The van der Waals surface area contributed by atoms with Crippen molar-refractivity contribution in [1.29, 1.82) is 5.26 Å². The zero-order valence-corrected chi connectivity index (χ0v) is 25.6. The molecule has 1 aliphatic carbocycles. The fourth-order valence-electron chi connectivity index (χ4n) is 5.26. The number of hydrogen-bond donors (Lipinski definition) is 1. The molecule has 1 N–H and O–H groups in total. The Balaban J connectivity index is 1.75. The van der Waals surface area contributed by atoms with Crippen LogP contribution in [-0.2, 0) is 26.6 Å². The van der Waals surface area contributed by atoms with Crippen molar-refractivity contribution in [3.05, 3.63) is 101 Å². The van der Waals surface area contributed by atoms with E-state index in [1.54, 1.807) is 69.5 Å². The summed E-state index contributed by atoms with van der Waals surface area (Å²) < 4.78 is 76.4. The number of sulfone groups is 1. The lowest BCUT2D eigenvalue weighted by Gasteiger charge is -2.36. The molecule has 0 saturated heterocycles. The van der Waals surface area contributed by atoms with Gasteiger partial charge in [0.2, 0.25) is 0 Å². The number of aliphatic hydroxyl groups excluding tert-OH is 1. The summed E-state index contributed by atoms with van der Waals surface area (Å²) in [6.07, 6.45) is 1.03. The molecule has 1 atom stereocenters. The number of oxazole rings is 1. The highest BCUT2D eigenvalue weighted by Gasteiger charge is 2.54. The molecule has 13 heteroatoms. The average Bonchev–Trinajstić information content (AvgIpc) is 3.64. The van der Waals surface area contributed by atoms with Gasteiger partial charge in [0.25, 0.3) is 0 Å². The van der Waals surface area contributed by atoms with Gasteiger partial charge in [0.15, 0.2) is 26.2 Å². The van der Waals surface area contributed by atoms with Gasteiger partial charge in [0, 0.05) is 31.4 Å². The van der Waals surface area contributed by atoms with Gasteiger partial charge in [-0.2, -0.15) is 10.4 Å². The molecule has 0 amide bonds. The van der Waals surface area contributed by atoms with Crippen LogP contribution in [0, 0.1) is 18.3 Å². The number of aliphatic hydroxyl groups is 1. The van der Waals surface area contributed by atoms with Crippen molar-refractivity contribution < 1.29 is 35.8 Å². The molecule has 1 aliphatic rings. The van der Waals surface area contributed by atoms with Crippen LogP contribution in [0.3, 0.4) is 0 Å². The van der Waals surface area contributed by atoms with Gasteiger partial charge < -0.3 is 14.3 Å². The van der Waals surface area contributed by atoms with Gasteiger partial charge in [-0.25, -0.2) is 18.1 Å². The number of aromatic nitrogens is 3. The molecule has 234 valence electrons. The largest absolute Gasteiger partial charge is 0.573 e. The van der Waals surface area contributed by atoms with E-state index in [-0.39, 0.29) is 36.1 Å². The lowest BCUT2D eigenvalue weighted by atomic mass is 9.83. The number of hydrogen-bond acceptors (Lipinski definition) is 8. The first-order valence-electron chi connectivity index (χ1n) is 13.7. The number of aryl methyl sites for hydroxylation is 1. The fourth-order valence-corrected chi connectivity index (χ4v) is 6.70. The average molecular weight is 639 g/mol. The van der Waals surface area contributed by atoms with Crippen molar-refractivity contribution >= 4 is 21.1 Å². The maximum atomic E-state index is 14.2. The van der Waals surface area contributed by atoms with Crippen molar-refractivity contribution in [3.63, 3.8) is 0 Å². The number of rotatable bonds is 8. The predicted octanol–water partition coefficient (Wildman–Crippen LogP) is 6.31. The van der Waals surface area contributed by atoms with Gasteiger partial charge in [0.1, 0.15) is 11.4 Å². The summed E-state index contributed by atoms with van der Waals surface area (Å²) in [5.74, 6) is -0.370. The molecular formula is C32H29F3N4O5S. The molecule has 2 aromatic carbocycles. The van der Waals surface area contributed by atoms with E-state index in [0.29, 0.717) is 28.0 Å². The van der Waals surface area contributed by atoms with Crippen molar-refractivity contribution in [2.24, 2.45) is 0 Å². The van der Waals surface area contributed by atoms with Gasteiger partial charge in [-0.1, -0.05) is 30.3 Å². The normalized spacial score (nSPS) is 17.4. The Hall–Kier alpha value is -4.67. The molecule has 0 bridgehead atoms. The second kappa shape index (κ2) is 11.4. The Morgan fingerprint density at radius 3 is 2.29 bits per heavy atom. The Kier molecular flexibility index (Phi) is 8.01. The number of allylic oxidation sites excluding steroid dienone is 3. The number of nitriles is 1. The summed E-state index contributed by atoms with van der Waals surface area (Å²) in [6.45, 7) is 4.76. The van der Waals surface area contributed by atoms with E-state index in [2.05, 4.69) is 20.9 Å². The molecule has 4 aromatic rings. The maximum Gasteiger partial charge on any atom is 0.573 e. The van der Waals surface area contributed by atoms with Gasteiger partial charge in [-0.15, -0.1) is 13.2 Å². The first-order chi connectivity index (χ1) is 21.1. The van der Waals surface area contributed by atoms with Crippen molar-refractivity contribution in [2.45, 2.75) is 50.3 Å². The zero-order chi connectivity index (χ0) is 32.8. The number of nitrogens with zero attached hydrogens (tertiary/aromatic N) is 4. The third kappa shape index (κ3) is 6.03. The maximum absolute atomic E-state index is 14.2. The van der Waals surface area contributed by atoms with Crippen LogP contribution < -0.4 is 4.74 Å². The molecule has 0 saturated carbocycles. The van der Waals surface area contributed by atoms with Crippen LogP contribution >= 0.6 is 0 Å². The predicted molar refractivity (Wildman–Crippen MR) is 160 cm³/mol. The van der Waals surface area contributed by atoms with Crippen LogP contribution in [-0.4, -0.2) is 40.9 Å². The third-order valence-electron chi connectivity index (χ3n) is 7.65. The SMILES string of the molecule is Cc1nc(-c2ccc(OC(F)(F)F)cc2)c(C2(S(C)(=O)=O)CC(c3ccc(CO)cc3)=CC=C2n2ccc(C(C)(C)C#N)n2)o1. The van der Waals surface area contributed by atoms with Crippen LogP contribution in [0.15, 0.2) is 77.4 Å². The van der Waals surface area contributed by atoms with Crippen LogP contribution in [0.5, 0.6) is 5.75 Å². The Labute approximate surface area is 257 Å². The first kappa shape index (κ1) is 31.7. The first-order valence-corrected chi connectivity index (χ1v) is 15.6. The quantitative estimate of drug-likeness (QED) is 0.238. The van der Waals surface area contributed by atoms with Crippen LogP contribution in [0.2, 0.25) is 0 Å². The summed E-state index contributed by atoms with van der Waals surface area (Å²) in [6, 6.07) is 15.7. The molecule has 9 nitrogen and oxygen atoms in total. The molecule has 45 heavy (non-hydrogen) atoms. The lowest BCUT2D eigenvalue weighted by molar-refractivity contribution is -0.274. The van der Waals surface area contributed by atoms with E-state index in [1.165, 1.54) is 16.8 Å². The minimum absolute atomic E-state index is 0.0487. The monoisotopic (exact) mass is 638 g/mol. The standard InChI is InChI=1S/C32H29F3N4O5S/c1-20-37-28(23-9-12-25(13-10-23)44-32(33,34)35)29(43-20)31(45(4,41)42)17-24(22-7-5-21(18-40)6-8-22)11-14-27(31)39-16-15-26(38-39)30(2,3)19-36/h5-16,40H,17-18H2,1-4H3. The van der Waals surface area contributed by atoms with Crippen LogP contribution in [0.25, 0.3) is 22.5 Å². The fraction of sp³-hybridized carbons (Fsp3) is 0.281. The van der Waals surface area contributed by atoms with E-state index in [0.717, 1.165) is 18.4 Å². The Morgan fingerprint density at radius 2 is 1.71 bits per heavy atom. The molecule has 2 aromatic heterocycles. The smallest absolute Gasteiger partial charge is 0.443 e. The second-order valence-electron chi connectivity index (χ2n) is 11.2. The highest BCUT2D eigenvalue weighted by molar-refractivity contribution is 7.92. The molecule has 0 spiro atoms. The lowest BCUT2D eigenvalue weighted by Crippen LogP contribution is -2.40. The second-order valence-corrected chi connectivity index (χ2v) is 13.5. The zero-order valence-electron chi connectivity index (χ0n) is 24.8. The highest BCUT2D eigenvalue weighted by Crippen LogP contribution is 2.52. The van der Waals surface area contributed by atoms with Crippen molar-refractivity contribution in [3.8, 4) is 23.1 Å². The number of ether oxygens (including phenoxy) is 1. The summed E-state index contributed by atoms with van der Waals surface area (Å²) in [5.41, 5.74) is 2.07. The minimum Gasteiger partial charge on any atom is -0.443 e. The number of alkyl halides is 3. The summed E-state index contributed by atoms with van der Waals surface area (Å²) in [4.78, 5) is 4.48. The van der Waals surface area contributed by atoms with Gasteiger partial charge in [-0.3, -0.25) is 0 Å². The highest BCUT2D eigenvalue weighted by atomic mass is 32.2. The van der Waals surface area contributed by atoms with E-state index < -0.39 is 32.1 Å². The number of benzene rings is 2. The van der Waals surface area contributed by atoms with Crippen LogP contribution in [0.1, 0.15) is 48.7 Å². The third-order valence-corrected chi connectivity index (χ3v) is 9.46. The van der Waals surface area contributed by atoms with E-state index in [4.69, 9.17) is 4.42 Å². The topological polar surface area (TPSA) is 131 Å². The minimum atomic E-state index is -4.89. The number of halogens is 3. The van der Waals surface area contributed by atoms with Crippen LogP contribution in [0.4, 0.5) is 13.2 Å². The van der Waals surface area contributed by atoms with Gasteiger partial charge in [0.05, 0.1) is 29.5 Å². The van der Waals surface area contributed by atoms with E-state index in [9.17, 15) is 32.0 Å². The summed E-state index contributed by atoms with van der Waals surface area (Å²) in [7, 11) is -4.15. The van der Waals surface area contributed by atoms with E-state index in [1.807, 2.05) is 0 Å². The Morgan fingerprint density at radius 1 is 1.07 bits per heavy atom. The molecule has 5 rings (SSSR count). The molecule has 0 fully saturated rings. The molecule has 0 aliphatic heterocycles. The van der Waals surface area contributed by atoms with Crippen molar-refractivity contribution in [1.82, 2.24) is 14.8 Å². The molecule has 1 unspecified atom stereocenters. The molecular weight excluding hydrogens is 609 g/mol. The van der Waals surface area contributed by atoms with Gasteiger partial charge >= 0.3 is 6.36 Å². The van der Waals surface area contributed by atoms with Gasteiger partial charge in [-0.05, 0) is 67.0 Å². The summed E-state index contributed by atoms with van der Waals surface area (Å²) >= 11 is 0. The van der Waals surface area contributed by atoms with Crippen molar-refractivity contribution in [2.75, 3.05) is 6.26 Å². The van der Waals surface area contributed by atoms with E-state index >= 15 is 0 Å². The summed E-state index contributed by atoms with van der Waals surface area (Å²) in [5, 5.41) is 23.8. The molecule has 0 radical (unpaired) electrons.